The van der Waals surface area contributed by atoms with Gasteiger partial charge in [0.05, 0.1) is 13.2 Å². The zero-order chi connectivity index (χ0) is 24.1. The van der Waals surface area contributed by atoms with Gasteiger partial charge in [-0.05, 0) is 54.7 Å². The monoisotopic (exact) mass is 448 g/mol. The number of rotatable bonds is 12. The highest BCUT2D eigenvalue weighted by atomic mass is 16.5. The molecular formula is C27H28O6. The molecule has 2 rings (SSSR count). The van der Waals surface area contributed by atoms with E-state index in [2.05, 4.69) is 13.2 Å². The molecule has 6 heteroatoms. The van der Waals surface area contributed by atoms with Crippen molar-refractivity contribution >= 4 is 24.0 Å². The number of benzene rings is 2. The highest BCUT2D eigenvalue weighted by Crippen LogP contribution is 2.14. The Morgan fingerprint density at radius 2 is 1.48 bits per heavy atom. The molecule has 0 unspecified atom stereocenters. The Morgan fingerprint density at radius 3 is 2.12 bits per heavy atom. The van der Waals surface area contributed by atoms with Gasteiger partial charge in [-0.25, -0.2) is 14.4 Å². The molecule has 0 heterocycles. The zero-order valence-corrected chi connectivity index (χ0v) is 18.8. The van der Waals surface area contributed by atoms with Crippen LogP contribution in [0.4, 0.5) is 0 Å². The molecule has 0 saturated heterocycles. The van der Waals surface area contributed by atoms with E-state index in [9.17, 15) is 14.4 Å². The number of ether oxygens (including phenoxy) is 3. The van der Waals surface area contributed by atoms with E-state index in [0.717, 1.165) is 35.6 Å². The quantitative estimate of drug-likeness (QED) is 0.204. The minimum atomic E-state index is -0.480. The fraction of sp³-hybridized carbons (Fsp3) is 0.222. The molecule has 0 fully saturated rings. The molecule has 6 nitrogen and oxygen atoms in total. The van der Waals surface area contributed by atoms with Gasteiger partial charge in [0.1, 0.15) is 5.75 Å². The Morgan fingerprint density at radius 1 is 0.848 bits per heavy atom. The van der Waals surface area contributed by atoms with Crippen molar-refractivity contribution in [2.24, 2.45) is 0 Å². The molecule has 0 atom stereocenters. The number of aryl methyl sites for hydroxylation is 1. The Bertz CT molecular complexity index is 1000. The first kappa shape index (κ1) is 25.3. The van der Waals surface area contributed by atoms with Crippen molar-refractivity contribution in [2.75, 3.05) is 13.2 Å². The standard InChI is InChI=1S/C27H28O6/c1-4-25(28)31-18-5-6-21-7-9-22(10-8-21)13-16-26(29)33-24-14-11-23(12-15-24)17-19-32-27(30)20(2)3/h4,7-16H,1-2,5-6,17-19H2,3H3/b16-13+. The average molecular weight is 449 g/mol. The molecule has 0 spiro atoms. The lowest BCUT2D eigenvalue weighted by atomic mass is 10.1. The number of carbonyl (C=O) groups excluding carboxylic acids is 3. The Hall–Kier alpha value is -3.93. The van der Waals surface area contributed by atoms with E-state index < -0.39 is 17.9 Å². The SMILES string of the molecule is C=CC(=O)OCCCc1ccc(/C=C/C(=O)Oc2ccc(CCOC(=O)C(=C)C)cc2)cc1. The molecule has 0 aliphatic carbocycles. The second-order valence-corrected chi connectivity index (χ2v) is 7.28. The Kier molecular flexibility index (Phi) is 10.3. The summed E-state index contributed by atoms with van der Waals surface area (Å²) in [6, 6.07) is 14.8. The first-order valence-corrected chi connectivity index (χ1v) is 10.6. The zero-order valence-electron chi connectivity index (χ0n) is 18.8. The van der Waals surface area contributed by atoms with Crippen molar-refractivity contribution in [3.63, 3.8) is 0 Å². The topological polar surface area (TPSA) is 78.9 Å². The van der Waals surface area contributed by atoms with Crippen LogP contribution in [-0.4, -0.2) is 31.1 Å². The van der Waals surface area contributed by atoms with Crippen molar-refractivity contribution in [1.82, 2.24) is 0 Å². The largest absolute Gasteiger partial charge is 0.463 e. The summed E-state index contributed by atoms with van der Waals surface area (Å²) >= 11 is 0. The molecule has 33 heavy (non-hydrogen) atoms. The smallest absolute Gasteiger partial charge is 0.336 e. The molecule has 0 saturated carbocycles. The van der Waals surface area contributed by atoms with Crippen molar-refractivity contribution in [2.45, 2.75) is 26.2 Å². The van der Waals surface area contributed by atoms with Gasteiger partial charge in [-0.15, -0.1) is 0 Å². The lowest BCUT2D eigenvalue weighted by Crippen LogP contribution is -2.08. The van der Waals surface area contributed by atoms with E-state index in [1.54, 1.807) is 25.1 Å². The molecule has 2 aromatic carbocycles. The summed E-state index contributed by atoms with van der Waals surface area (Å²) in [5.74, 6) is -0.875. The molecule has 0 aliphatic heterocycles. The molecule has 2 aromatic rings. The first-order valence-electron chi connectivity index (χ1n) is 10.6. The minimum absolute atomic E-state index is 0.259. The van der Waals surface area contributed by atoms with Crippen molar-refractivity contribution in [3.8, 4) is 5.75 Å². The van der Waals surface area contributed by atoms with Crippen LogP contribution in [0.2, 0.25) is 0 Å². The molecule has 0 bridgehead atoms. The highest BCUT2D eigenvalue weighted by molar-refractivity contribution is 5.88. The van der Waals surface area contributed by atoms with Crippen molar-refractivity contribution in [3.05, 3.63) is 96.1 Å². The second kappa shape index (κ2) is 13.5. The highest BCUT2D eigenvalue weighted by Gasteiger charge is 2.04. The second-order valence-electron chi connectivity index (χ2n) is 7.28. The molecule has 0 N–H and O–H groups in total. The van der Waals surface area contributed by atoms with Gasteiger partial charge in [0.25, 0.3) is 0 Å². The molecule has 0 aromatic heterocycles. The summed E-state index contributed by atoms with van der Waals surface area (Å²) in [5, 5.41) is 0. The van der Waals surface area contributed by atoms with Gasteiger partial charge in [0, 0.05) is 24.1 Å². The van der Waals surface area contributed by atoms with E-state index in [1.165, 1.54) is 6.08 Å². The fourth-order valence-corrected chi connectivity index (χ4v) is 2.73. The summed E-state index contributed by atoms with van der Waals surface area (Å²) in [6.07, 6.45) is 6.26. The maximum absolute atomic E-state index is 12.1. The molecule has 0 amide bonds. The van der Waals surface area contributed by atoms with Crippen molar-refractivity contribution in [1.29, 1.82) is 0 Å². The Balaban J connectivity index is 1.75. The van der Waals surface area contributed by atoms with Gasteiger partial charge in [0.15, 0.2) is 0 Å². The maximum Gasteiger partial charge on any atom is 0.336 e. The van der Waals surface area contributed by atoms with Crippen LogP contribution < -0.4 is 4.74 Å². The van der Waals surface area contributed by atoms with E-state index in [-0.39, 0.29) is 6.61 Å². The third kappa shape index (κ3) is 9.82. The minimum Gasteiger partial charge on any atom is -0.463 e. The van der Waals surface area contributed by atoms with Gasteiger partial charge in [0.2, 0.25) is 0 Å². The molecule has 0 aliphatic rings. The van der Waals surface area contributed by atoms with Crippen LogP contribution in [0.1, 0.15) is 30.0 Å². The Labute approximate surface area is 194 Å². The predicted molar refractivity (Wildman–Crippen MR) is 127 cm³/mol. The average Bonchev–Trinajstić information content (AvgIpc) is 2.82. The number of carbonyl (C=O) groups is 3. The lowest BCUT2D eigenvalue weighted by Gasteiger charge is -2.06. The maximum atomic E-state index is 12.1. The van der Waals surface area contributed by atoms with E-state index in [0.29, 0.717) is 24.4 Å². The van der Waals surface area contributed by atoms with Crippen LogP contribution >= 0.6 is 0 Å². The van der Waals surface area contributed by atoms with Crippen LogP contribution in [0.3, 0.4) is 0 Å². The van der Waals surface area contributed by atoms with Crippen LogP contribution in [0.25, 0.3) is 6.08 Å². The van der Waals surface area contributed by atoms with Gasteiger partial charge < -0.3 is 14.2 Å². The summed E-state index contributed by atoms with van der Waals surface area (Å²) in [7, 11) is 0. The van der Waals surface area contributed by atoms with Crippen LogP contribution in [0, 0.1) is 0 Å². The third-order valence-corrected chi connectivity index (χ3v) is 4.53. The molecule has 172 valence electrons. The summed E-state index contributed by atoms with van der Waals surface area (Å²) < 4.78 is 15.3. The summed E-state index contributed by atoms with van der Waals surface area (Å²) in [6.45, 7) is 9.10. The lowest BCUT2D eigenvalue weighted by molar-refractivity contribution is -0.139. The molecular weight excluding hydrogens is 420 g/mol. The van der Waals surface area contributed by atoms with Gasteiger partial charge in [-0.1, -0.05) is 49.6 Å². The summed E-state index contributed by atoms with van der Waals surface area (Å²) in [5.41, 5.74) is 3.30. The predicted octanol–water partition coefficient (Wildman–Crippen LogP) is 4.63. The third-order valence-electron chi connectivity index (χ3n) is 4.53. The fourth-order valence-electron chi connectivity index (χ4n) is 2.73. The van der Waals surface area contributed by atoms with Gasteiger partial charge in [-0.2, -0.15) is 0 Å². The number of hydrogen-bond donors (Lipinski definition) is 0. The van der Waals surface area contributed by atoms with Gasteiger partial charge >= 0.3 is 17.9 Å². The molecule has 0 radical (unpaired) electrons. The van der Waals surface area contributed by atoms with Gasteiger partial charge in [-0.3, -0.25) is 0 Å². The van der Waals surface area contributed by atoms with Crippen molar-refractivity contribution < 1.29 is 28.6 Å². The number of hydrogen-bond acceptors (Lipinski definition) is 6. The van der Waals surface area contributed by atoms with Crippen LogP contribution in [0.5, 0.6) is 5.75 Å². The first-order chi connectivity index (χ1) is 15.9. The number of esters is 3. The van der Waals surface area contributed by atoms with E-state index in [4.69, 9.17) is 14.2 Å². The van der Waals surface area contributed by atoms with Crippen LogP contribution in [0.15, 0.2) is 79.4 Å². The van der Waals surface area contributed by atoms with Crippen LogP contribution in [-0.2, 0) is 36.7 Å². The van der Waals surface area contributed by atoms with E-state index in [1.807, 2.05) is 36.4 Å². The normalized spacial score (nSPS) is 10.5. The summed E-state index contributed by atoms with van der Waals surface area (Å²) in [4.78, 5) is 34.4. The van der Waals surface area contributed by atoms with E-state index >= 15 is 0 Å².